The number of nitrogens with two attached hydrogens (primary N) is 1. The topological polar surface area (TPSA) is 52.3 Å². The first-order chi connectivity index (χ1) is 10.5. The number of allylic oxidation sites excluding steroid dienone is 2. The molecule has 2 unspecified atom stereocenters. The van der Waals surface area contributed by atoms with E-state index in [9.17, 15) is 4.79 Å². The molecule has 0 radical (unpaired) electrons. The van der Waals surface area contributed by atoms with Crippen molar-refractivity contribution in [3.63, 3.8) is 0 Å². The smallest absolute Gasteiger partial charge is 0.255 e. The van der Waals surface area contributed by atoms with Gasteiger partial charge < -0.3 is 10.5 Å². The zero-order valence-electron chi connectivity index (χ0n) is 12.4. The van der Waals surface area contributed by atoms with Crippen LogP contribution in [0.4, 0.5) is 0 Å². The van der Waals surface area contributed by atoms with E-state index < -0.39 is 0 Å². The van der Waals surface area contributed by atoms with E-state index in [0.717, 1.165) is 29.7 Å². The molecule has 1 amide bonds. The number of carbonyl (C=O) groups excluding carboxylic acids is 1. The van der Waals surface area contributed by atoms with Crippen molar-refractivity contribution in [2.24, 2.45) is 11.7 Å². The van der Waals surface area contributed by atoms with Gasteiger partial charge in [0.2, 0.25) is 0 Å². The first-order valence-electron chi connectivity index (χ1n) is 7.20. The van der Waals surface area contributed by atoms with Crippen molar-refractivity contribution in [1.29, 1.82) is 0 Å². The van der Waals surface area contributed by atoms with Gasteiger partial charge in [-0.1, -0.05) is 24.3 Å². The van der Waals surface area contributed by atoms with Crippen molar-refractivity contribution in [3.8, 4) is 5.75 Å². The number of thiol groups is 1. The van der Waals surface area contributed by atoms with Gasteiger partial charge >= 0.3 is 0 Å². The standard InChI is InChI=1S/C17H19NO2S2/c1-9-7-11(10-3-5-12(20-2)6-4-10)8-13-14(9)17(21)22-15(13)16(18)19/h3-6,11,14,17,21H,1,7-8H2,2H3,(H2,18,19)/t11-,14?,17?/m1/s1. The van der Waals surface area contributed by atoms with Gasteiger partial charge in [0.15, 0.2) is 0 Å². The number of fused-ring (bicyclic) bond motifs is 1. The fourth-order valence-corrected chi connectivity index (χ4v) is 5.27. The Morgan fingerprint density at radius 1 is 1.36 bits per heavy atom. The number of hydrogen-bond acceptors (Lipinski definition) is 4. The van der Waals surface area contributed by atoms with Crippen molar-refractivity contribution in [1.82, 2.24) is 0 Å². The Kier molecular flexibility index (Phi) is 4.28. The van der Waals surface area contributed by atoms with Crippen molar-refractivity contribution < 1.29 is 9.53 Å². The monoisotopic (exact) mass is 333 g/mol. The summed E-state index contributed by atoms with van der Waals surface area (Å²) in [5.74, 6) is 1.01. The zero-order chi connectivity index (χ0) is 15.9. The second kappa shape index (κ2) is 6.05. The Labute approximate surface area is 140 Å². The second-order valence-electron chi connectivity index (χ2n) is 5.74. The van der Waals surface area contributed by atoms with Crippen LogP contribution in [0.5, 0.6) is 5.75 Å². The van der Waals surface area contributed by atoms with E-state index in [-0.39, 0.29) is 16.4 Å². The molecule has 1 aliphatic heterocycles. The summed E-state index contributed by atoms with van der Waals surface area (Å²) in [4.78, 5) is 12.4. The van der Waals surface area contributed by atoms with E-state index in [1.165, 1.54) is 17.3 Å². The first-order valence-corrected chi connectivity index (χ1v) is 8.60. The summed E-state index contributed by atoms with van der Waals surface area (Å²) in [5, 5.41) is 0. The highest BCUT2D eigenvalue weighted by Gasteiger charge is 2.41. The summed E-state index contributed by atoms with van der Waals surface area (Å²) in [6, 6.07) is 8.11. The van der Waals surface area contributed by atoms with Crippen LogP contribution in [0.25, 0.3) is 0 Å². The van der Waals surface area contributed by atoms with E-state index in [1.807, 2.05) is 12.1 Å². The van der Waals surface area contributed by atoms with E-state index in [4.69, 9.17) is 10.5 Å². The van der Waals surface area contributed by atoms with E-state index in [0.29, 0.717) is 10.8 Å². The van der Waals surface area contributed by atoms with Crippen LogP contribution < -0.4 is 10.5 Å². The highest BCUT2D eigenvalue weighted by molar-refractivity contribution is 8.13. The van der Waals surface area contributed by atoms with E-state index in [1.54, 1.807) is 7.11 Å². The molecule has 5 heteroatoms. The third-order valence-electron chi connectivity index (χ3n) is 4.42. The minimum Gasteiger partial charge on any atom is -0.497 e. The second-order valence-corrected chi connectivity index (χ2v) is 7.80. The molecular formula is C17H19NO2S2. The molecule has 3 nitrogen and oxygen atoms in total. The van der Waals surface area contributed by atoms with Crippen LogP contribution in [0.1, 0.15) is 24.3 Å². The predicted molar refractivity (Wildman–Crippen MR) is 94.2 cm³/mol. The van der Waals surface area contributed by atoms with Gasteiger partial charge in [0.25, 0.3) is 5.91 Å². The largest absolute Gasteiger partial charge is 0.497 e. The number of benzene rings is 1. The summed E-state index contributed by atoms with van der Waals surface area (Å²) in [6.45, 7) is 4.24. The number of primary amides is 1. The molecular weight excluding hydrogens is 314 g/mol. The summed E-state index contributed by atoms with van der Waals surface area (Å²) in [6.07, 6.45) is 1.77. The molecule has 3 atom stereocenters. The molecule has 1 aromatic carbocycles. The molecule has 116 valence electrons. The first kappa shape index (κ1) is 15.6. The molecule has 3 rings (SSSR count). The molecule has 1 aliphatic carbocycles. The van der Waals surface area contributed by atoms with Crippen LogP contribution in [0, 0.1) is 5.92 Å². The fraction of sp³-hybridized carbons (Fsp3) is 0.353. The fourth-order valence-electron chi connectivity index (χ4n) is 3.35. The maximum Gasteiger partial charge on any atom is 0.255 e. The summed E-state index contributed by atoms with van der Waals surface area (Å²) in [7, 11) is 1.66. The number of methoxy groups -OCH3 is 1. The summed E-state index contributed by atoms with van der Waals surface area (Å²) < 4.78 is 5.27. The van der Waals surface area contributed by atoms with Crippen molar-refractivity contribution >= 4 is 30.3 Å². The van der Waals surface area contributed by atoms with Crippen molar-refractivity contribution in [2.45, 2.75) is 23.3 Å². The third kappa shape index (κ3) is 2.68. The number of ether oxygens (including phenoxy) is 1. The quantitative estimate of drug-likeness (QED) is 0.658. The molecule has 0 bridgehead atoms. The average Bonchev–Trinajstić information content (AvgIpc) is 2.85. The van der Waals surface area contributed by atoms with Gasteiger partial charge in [0.05, 0.1) is 16.6 Å². The molecule has 1 saturated carbocycles. The van der Waals surface area contributed by atoms with Crippen LogP contribution in [-0.2, 0) is 4.79 Å². The predicted octanol–water partition coefficient (Wildman–Crippen LogP) is 3.49. The molecule has 1 fully saturated rings. The van der Waals surface area contributed by atoms with Crippen LogP contribution in [0.15, 0.2) is 46.9 Å². The number of carbonyl (C=O) groups is 1. The lowest BCUT2D eigenvalue weighted by atomic mass is 9.73. The normalized spacial score (nSPS) is 27.7. The average molecular weight is 333 g/mol. The lowest BCUT2D eigenvalue weighted by molar-refractivity contribution is -0.113. The number of thioether (sulfide) groups is 1. The van der Waals surface area contributed by atoms with Crippen molar-refractivity contribution in [3.05, 3.63) is 52.5 Å². The molecule has 1 aromatic rings. The van der Waals surface area contributed by atoms with Crippen LogP contribution in [0.2, 0.25) is 0 Å². The lowest BCUT2D eigenvalue weighted by Crippen LogP contribution is -2.22. The number of rotatable bonds is 3. The zero-order valence-corrected chi connectivity index (χ0v) is 14.1. The Morgan fingerprint density at radius 3 is 2.64 bits per heavy atom. The number of hydrogen-bond donors (Lipinski definition) is 2. The van der Waals surface area contributed by atoms with E-state index in [2.05, 4.69) is 31.3 Å². The SMILES string of the molecule is C=C1C[C@@H](c2ccc(OC)cc2)CC2=C(C(N)=O)SC(S)C12. The van der Waals surface area contributed by atoms with Gasteiger partial charge in [-0.05, 0) is 42.0 Å². The summed E-state index contributed by atoms with van der Waals surface area (Å²) >= 11 is 6.08. The van der Waals surface area contributed by atoms with Crippen LogP contribution in [0.3, 0.4) is 0 Å². The van der Waals surface area contributed by atoms with Gasteiger partial charge in [0, 0.05) is 5.92 Å². The van der Waals surface area contributed by atoms with E-state index >= 15 is 0 Å². The molecule has 2 N–H and O–H groups in total. The molecule has 0 saturated heterocycles. The van der Waals surface area contributed by atoms with Gasteiger partial charge in [0.1, 0.15) is 5.75 Å². The van der Waals surface area contributed by atoms with Gasteiger partial charge in [-0.25, -0.2) is 0 Å². The third-order valence-corrected chi connectivity index (χ3v) is 6.24. The maximum atomic E-state index is 11.7. The van der Waals surface area contributed by atoms with Crippen LogP contribution in [-0.4, -0.2) is 17.6 Å². The minimum atomic E-state index is -0.343. The van der Waals surface area contributed by atoms with Gasteiger partial charge in [-0.15, -0.1) is 11.8 Å². The summed E-state index contributed by atoms with van der Waals surface area (Å²) in [5.41, 5.74) is 9.04. The Hall–Kier alpha value is -1.33. The Morgan fingerprint density at radius 2 is 2.05 bits per heavy atom. The molecule has 2 aliphatic rings. The van der Waals surface area contributed by atoms with Crippen molar-refractivity contribution in [2.75, 3.05) is 7.11 Å². The number of amides is 1. The Balaban J connectivity index is 1.92. The van der Waals surface area contributed by atoms with Gasteiger partial charge in [-0.2, -0.15) is 12.6 Å². The van der Waals surface area contributed by atoms with Crippen LogP contribution >= 0.6 is 24.4 Å². The Bertz CT molecular complexity index is 651. The lowest BCUT2D eigenvalue weighted by Gasteiger charge is -2.32. The molecule has 1 heterocycles. The molecule has 0 spiro atoms. The highest BCUT2D eigenvalue weighted by atomic mass is 32.2. The molecule has 0 aromatic heterocycles. The highest BCUT2D eigenvalue weighted by Crippen LogP contribution is 2.54. The van der Waals surface area contributed by atoms with Gasteiger partial charge in [-0.3, -0.25) is 4.79 Å². The maximum absolute atomic E-state index is 11.7. The minimum absolute atomic E-state index is 0.0572. The molecule has 22 heavy (non-hydrogen) atoms.